The number of fused-ring (bicyclic) bond motifs is 1. The highest BCUT2D eigenvalue weighted by Crippen LogP contribution is 2.32. The summed E-state index contributed by atoms with van der Waals surface area (Å²) in [5.41, 5.74) is 6.92. The summed E-state index contributed by atoms with van der Waals surface area (Å²) in [6.07, 6.45) is 8.45. The van der Waals surface area contributed by atoms with Crippen LogP contribution in [-0.4, -0.2) is 72.6 Å². The molecule has 0 radical (unpaired) electrons. The van der Waals surface area contributed by atoms with Crippen molar-refractivity contribution >= 4 is 23.3 Å². The summed E-state index contributed by atoms with van der Waals surface area (Å²) >= 11 is 0. The minimum absolute atomic E-state index is 0.112. The zero-order chi connectivity index (χ0) is 35.7. The number of aryl methyl sites for hydroxylation is 3. The number of carbonyl (C=O) groups is 2. The van der Waals surface area contributed by atoms with Crippen molar-refractivity contribution in [3.63, 3.8) is 0 Å². The third-order valence-corrected chi connectivity index (χ3v) is 9.88. The Labute approximate surface area is 295 Å². The first-order valence-electron chi connectivity index (χ1n) is 18.2. The third kappa shape index (κ3) is 10.5. The number of amides is 2. The van der Waals surface area contributed by atoms with E-state index >= 15 is 0 Å². The lowest BCUT2D eigenvalue weighted by atomic mass is 9.87. The molecule has 49 heavy (non-hydrogen) atoms. The number of aromatic nitrogens is 1. The van der Waals surface area contributed by atoms with Gasteiger partial charge in [-0.1, -0.05) is 55.3 Å². The summed E-state index contributed by atoms with van der Waals surface area (Å²) in [7, 11) is 3.90. The third-order valence-electron chi connectivity index (χ3n) is 9.88. The molecule has 2 fully saturated rings. The predicted molar refractivity (Wildman–Crippen MR) is 201 cm³/mol. The molecule has 0 N–H and O–H groups in total. The molecule has 3 aliphatic rings. The van der Waals surface area contributed by atoms with Crippen LogP contribution in [0.2, 0.25) is 0 Å². The minimum Gasteiger partial charge on any atom is -0.491 e. The van der Waals surface area contributed by atoms with E-state index in [1.807, 2.05) is 49.9 Å². The molecule has 1 saturated carbocycles. The van der Waals surface area contributed by atoms with Gasteiger partial charge in [-0.15, -0.1) is 0 Å². The van der Waals surface area contributed by atoms with Gasteiger partial charge in [0.2, 0.25) is 11.8 Å². The first-order valence-corrected chi connectivity index (χ1v) is 18.2. The monoisotopic (exact) mass is 669 g/mol. The van der Waals surface area contributed by atoms with Crippen molar-refractivity contribution in [2.45, 2.75) is 106 Å². The lowest BCUT2D eigenvalue weighted by Crippen LogP contribution is -2.37. The van der Waals surface area contributed by atoms with Crippen LogP contribution in [-0.2, 0) is 29.0 Å². The number of pyridine rings is 1. The number of nitrogens with zero attached hydrogens (tertiary/aromatic N) is 5. The molecule has 0 bridgehead atoms. The Hall–Kier alpha value is -3.91. The summed E-state index contributed by atoms with van der Waals surface area (Å²) in [4.78, 5) is 36.7. The van der Waals surface area contributed by atoms with Crippen LogP contribution in [0.1, 0.15) is 88.1 Å². The minimum atomic E-state index is 0.112. The van der Waals surface area contributed by atoms with Gasteiger partial charge < -0.3 is 19.4 Å². The maximum atomic E-state index is 12.8. The zero-order valence-corrected chi connectivity index (χ0v) is 31.5. The first kappa shape index (κ1) is 37.9. The van der Waals surface area contributed by atoms with Crippen LogP contribution in [0.4, 0.5) is 11.5 Å². The van der Waals surface area contributed by atoms with Crippen LogP contribution >= 0.6 is 0 Å². The molecule has 0 atom stereocenters. The van der Waals surface area contributed by atoms with E-state index in [1.54, 1.807) is 6.20 Å². The SMILES string of the molecule is CC1CCC(N2CC(=O)N(C)C2)CC1.CCc1cc2c(cc1OC(C)C)CN(c1ccc(N(C)CC)nc1)C(=O)C2.Cc1ccc(C)cc1. The molecule has 2 aromatic carbocycles. The molecule has 1 aliphatic carbocycles. The van der Waals surface area contributed by atoms with Crippen LogP contribution in [0.15, 0.2) is 54.7 Å². The standard InChI is InChI=1S/C22H29N3O2.C11H20N2O.C8H10/c1-6-16-10-17-12-22(26)25(14-18(17)11-20(16)27-15(3)4)19-8-9-21(23-13-19)24(5)7-2;1-9-3-5-10(6-4-9)13-7-11(14)12(2)8-13;1-7-3-5-8(2)6-4-7/h8-11,13,15H,6-7,12,14H2,1-5H3;9-10H,3-8H2,1-2H3;3-6H,1-2H3. The smallest absolute Gasteiger partial charge is 0.237 e. The molecule has 1 saturated heterocycles. The second-order valence-electron chi connectivity index (χ2n) is 14.3. The van der Waals surface area contributed by atoms with Gasteiger partial charge in [0.25, 0.3) is 0 Å². The van der Waals surface area contributed by atoms with Crippen LogP contribution in [0.5, 0.6) is 5.75 Å². The molecule has 0 unspecified atom stereocenters. The molecular weight excluding hydrogens is 610 g/mol. The van der Waals surface area contributed by atoms with Crippen LogP contribution in [0.25, 0.3) is 0 Å². The van der Waals surface area contributed by atoms with Crippen LogP contribution in [0, 0.1) is 19.8 Å². The number of benzene rings is 2. The Morgan fingerprint density at radius 3 is 2.06 bits per heavy atom. The molecule has 3 aromatic rings. The molecule has 8 heteroatoms. The Morgan fingerprint density at radius 1 is 0.898 bits per heavy atom. The fourth-order valence-electron chi connectivity index (χ4n) is 6.53. The molecule has 2 amide bonds. The molecule has 2 aliphatic heterocycles. The van der Waals surface area contributed by atoms with Crippen LogP contribution in [0.3, 0.4) is 0 Å². The zero-order valence-electron chi connectivity index (χ0n) is 31.5. The molecule has 3 heterocycles. The van der Waals surface area contributed by atoms with Crippen molar-refractivity contribution in [3.05, 3.63) is 82.5 Å². The van der Waals surface area contributed by atoms with Crippen molar-refractivity contribution < 1.29 is 14.3 Å². The van der Waals surface area contributed by atoms with E-state index in [0.717, 1.165) is 59.5 Å². The van der Waals surface area contributed by atoms with Gasteiger partial charge in [-0.05, 0) is 108 Å². The van der Waals surface area contributed by atoms with E-state index in [9.17, 15) is 9.59 Å². The molecule has 6 rings (SSSR count). The summed E-state index contributed by atoms with van der Waals surface area (Å²) in [6, 6.07) is 17.3. The maximum absolute atomic E-state index is 12.8. The molecule has 266 valence electrons. The number of ether oxygens (including phenoxy) is 1. The quantitative estimate of drug-likeness (QED) is 0.259. The highest BCUT2D eigenvalue weighted by Gasteiger charge is 2.32. The normalized spacial score (nSPS) is 19.1. The van der Waals surface area contributed by atoms with Gasteiger partial charge in [0.15, 0.2) is 0 Å². The van der Waals surface area contributed by atoms with E-state index in [4.69, 9.17) is 4.74 Å². The Morgan fingerprint density at radius 2 is 1.55 bits per heavy atom. The van der Waals surface area contributed by atoms with E-state index in [0.29, 0.717) is 25.6 Å². The van der Waals surface area contributed by atoms with Gasteiger partial charge >= 0.3 is 0 Å². The van der Waals surface area contributed by atoms with Gasteiger partial charge in [-0.3, -0.25) is 14.5 Å². The van der Waals surface area contributed by atoms with E-state index in [2.05, 4.69) is 85.8 Å². The van der Waals surface area contributed by atoms with Gasteiger partial charge in [0.05, 0.1) is 44.2 Å². The average molecular weight is 670 g/mol. The number of hydrogen-bond donors (Lipinski definition) is 0. The van der Waals surface area contributed by atoms with Gasteiger partial charge in [-0.2, -0.15) is 0 Å². The fraction of sp³-hybridized carbons (Fsp3) is 0.537. The van der Waals surface area contributed by atoms with Crippen molar-refractivity contribution in [1.29, 1.82) is 0 Å². The lowest BCUT2D eigenvalue weighted by Gasteiger charge is -2.32. The summed E-state index contributed by atoms with van der Waals surface area (Å²) in [5, 5.41) is 0. The molecule has 1 aromatic heterocycles. The number of rotatable bonds is 7. The molecule has 8 nitrogen and oxygen atoms in total. The van der Waals surface area contributed by atoms with E-state index in [-0.39, 0.29) is 17.9 Å². The highest BCUT2D eigenvalue weighted by molar-refractivity contribution is 5.96. The number of likely N-dealkylation sites (N-methyl/N-ethyl adjacent to an activating group) is 1. The average Bonchev–Trinajstić information content (AvgIpc) is 3.43. The first-order chi connectivity index (χ1) is 23.4. The Kier molecular flexibility index (Phi) is 13.7. The van der Waals surface area contributed by atoms with Gasteiger partial charge in [-0.25, -0.2) is 4.98 Å². The second kappa shape index (κ2) is 17.7. The summed E-state index contributed by atoms with van der Waals surface area (Å²) < 4.78 is 6.00. The predicted octanol–water partition coefficient (Wildman–Crippen LogP) is 7.58. The summed E-state index contributed by atoms with van der Waals surface area (Å²) in [6.45, 7) is 17.7. The number of anilines is 2. The highest BCUT2D eigenvalue weighted by atomic mass is 16.5. The van der Waals surface area contributed by atoms with Gasteiger partial charge in [0, 0.05) is 26.7 Å². The lowest BCUT2D eigenvalue weighted by molar-refractivity contribution is -0.125. The second-order valence-corrected chi connectivity index (χ2v) is 14.3. The van der Waals surface area contributed by atoms with Crippen molar-refractivity contribution in [2.24, 2.45) is 5.92 Å². The summed E-state index contributed by atoms with van der Waals surface area (Å²) in [5.74, 6) is 3.12. The van der Waals surface area contributed by atoms with E-state index in [1.165, 1.54) is 36.8 Å². The largest absolute Gasteiger partial charge is 0.491 e. The van der Waals surface area contributed by atoms with Crippen molar-refractivity contribution in [3.8, 4) is 5.75 Å². The van der Waals surface area contributed by atoms with Crippen LogP contribution < -0.4 is 14.5 Å². The van der Waals surface area contributed by atoms with Crippen molar-refractivity contribution in [2.75, 3.05) is 43.7 Å². The molecule has 0 spiro atoms. The van der Waals surface area contributed by atoms with Gasteiger partial charge in [0.1, 0.15) is 11.6 Å². The topological polar surface area (TPSA) is 69.2 Å². The Balaban J connectivity index is 0.000000202. The van der Waals surface area contributed by atoms with E-state index < -0.39 is 0 Å². The number of carbonyl (C=O) groups excluding carboxylic acids is 2. The maximum Gasteiger partial charge on any atom is 0.237 e. The molecular formula is C41H59N5O3. The Bertz CT molecular complexity index is 1490. The van der Waals surface area contributed by atoms with Crippen molar-refractivity contribution in [1.82, 2.24) is 14.8 Å². The number of hydrogen-bond acceptors (Lipinski definition) is 6. The fourth-order valence-corrected chi connectivity index (χ4v) is 6.53.